The number of pyridine rings is 2. The second-order valence-corrected chi connectivity index (χ2v) is 5.07. The Bertz CT molecular complexity index is 464. The van der Waals surface area contributed by atoms with Gasteiger partial charge >= 0.3 is 0 Å². The van der Waals surface area contributed by atoms with Crippen molar-refractivity contribution >= 4 is 10.9 Å². The summed E-state index contributed by atoms with van der Waals surface area (Å²) in [6.07, 6.45) is 4.65. The average Bonchev–Trinajstić information content (AvgIpc) is 2.16. The van der Waals surface area contributed by atoms with Crippen molar-refractivity contribution in [2.75, 3.05) is 0 Å². The van der Waals surface area contributed by atoms with E-state index in [-0.39, 0.29) is 5.41 Å². The van der Waals surface area contributed by atoms with Crippen LogP contribution in [0.15, 0.2) is 30.6 Å². The van der Waals surface area contributed by atoms with Crippen molar-refractivity contribution in [2.24, 2.45) is 5.41 Å². The minimum atomic E-state index is 0.261. The van der Waals surface area contributed by atoms with E-state index in [4.69, 9.17) is 0 Å². The summed E-state index contributed by atoms with van der Waals surface area (Å²) in [5.74, 6) is 0. The summed E-state index contributed by atoms with van der Waals surface area (Å²) in [6, 6.07) is 6.02. The molecule has 0 bridgehead atoms. The molecular weight excluding hydrogens is 184 g/mol. The molecule has 0 aromatic carbocycles. The third kappa shape index (κ3) is 2.32. The van der Waals surface area contributed by atoms with Crippen LogP contribution < -0.4 is 0 Å². The SMILES string of the molecule is CC(C)(C)Cc1nccc2ncccc12. The van der Waals surface area contributed by atoms with E-state index in [9.17, 15) is 0 Å². The van der Waals surface area contributed by atoms with Crippen molar-refractivity contribution in [2.45, 2.75) is 27.2 Å². The molecular formula is C13H16N2. The van der Waals surface area contributed by atoms with Crippen molar-refractivity contribution in [3.63, 3.8) is 0 Å². The average molecular weight is 200 g/mol. The summed E-state index contributed by atoms with van der Waals surface area (Å²) in [7, 11) is 0. The summed E-state index contributed by atoms with van der Waals surface area (Å²) in [5.41, 5.74) is 2.44. The molecule has 0 aliphatic carbocycles. The number of nitrogens with zero attached hydrogens (tertiary/aromatic N) is 2. The van der Waals surface area contributed by atoms with Gasteiger partial charge in [-0.2, -0.15) is 0 Å². The third-order valence-electron chi connectivity index (χ3n) is 2.31. The highest BCUT2D eigenvalue weighted by molar-refractivity contribution is 5.80. The first kappa shape index (κ1) is 10.1. The molecule has 0 saturated heterocycles. The molecule has 2 heteroatoms. The zero-order valence-electron chi connectivity index (χ0n) is 9.49. The molecule has 0 aliphatic rings. The predicted molar refractivity (Wildman–Crippen MR) is 62.7 cm³/mol. The summed E-state index contributed by atoms with van der Waals surface area (Å²) in [6.45, 7) is 6.68. The molecule has 0 aliphatic heterocycles. The van der Waals surface area contributed by atoms with Crippen molar-refractivity contribution < 1.29 is 0 Å². The fourth-order valence-corrected chi connectivity index (χ4v) is 1.70. The second-order valence-electron chi connectivity index (χ2n) is 5.07. The molecule has 2 heterocycles. The molecule has 0 spiro atoms. The Hall–Kier alpha value is -1.44. The zero-order valence-corrected chi connectivity index (χ0v) is 9.49. The lowest BCUT2D eigenvalue weighted by molar-refractivity contribution is 0.408. The molecule has 2 aromatic rings. The summed E-state index contributed by atoms with van der Waals surface area (Å²) < 4.78 is 0. The minimum Gasteiger partial charge on any atom is -0.261 e. The van der Waals surface area contributed by atoms with Crippen LogP contribution in [0.5, 0.6) is 0 Å². The molecule has 2 nitrogen and oxygen atoms in total. The molecule has 15 heavy (non-hydrogen) atoms. The summed E-state index contributed by atoms with van der Waals surface area (Å²) in [5, 5.41) is 1.18. The van der Waals surface area contributed by atoms with Crippen LogP contribution in [0.3, 0.4) is 0 Å². The van der Waals surface area contributed by atoms with Gasteiger partial charge in [0.2, 0.25) is 0 Å². The lowest BCUT2D eigenvalue weighted by Gasteiger charge is -2.18. The van der Waals surface area contributed by atoms with E-state index in [0.29, 0.717) is 0 Å². The van der Waals surface area contributed by atoms with Crippen LogP contribution >= 0.6 is 0 Å². The summed E-state index contributed by atoms with van der Waals surface area (Å²) >= 11 is 0. The first-order chi connectivity index (χ1) is 7.06. The first-order valence-corrected chi connectivity index (χ1v) is 5.25. The van der Waals surface area contributed by atoms with Crippen LogP contribution in [-0.2, 0) is 6.42 Å². The second kappa shape index (κ2) is 3.61. The van der Waals surface area contributed by atoms with Crippen LogP contribution in [0, 0.1) is 5.41 Å². The molecule has 0 saturated carbocycles. The molecule has 0 radical (unpaired) electrons. The number of aromatic nitrogens is 2. The topological polar surface area (TPSA) is 25.8 Å². The molecule has 0 fully saturated rings. The molecule has 2 aromatic heterocycles. The van der Waals surface area contributed by atoms with Crippen LogP contribution in [0.4, 0.5) is 0 Å². The van der Waals surface area contributed by atoms with Gasteiger partial charge in [-0.3, -0.25) is 9.97 Å². The quantitative estimate of drug-likeness (QED) is 0.706. The number of hydrogen-bond donors (Lipinski definition) is 0. The molecule has 0 atom stereocenters. The normalized spacial score (nSPS) is 11.9. The van der Waals surface area contributed by atoms with Crippen molar-refractivity contribution in [3.05, 3.63) is 36.3 Å². The Kier molecular flexibility index (Phi) is 2.43. The maximum Gasteiger partial charge on any atom is 0.0735 e. The van der Waals surface area contributed by atoms with E-state index in [1.807, 2.05) is 24.5 Å². The van der Waals surface area contributed by atoms with Gasteiger partial charge in [-0.05, 0) is 30.0 Å². The van der Waals surface area contributed by atoms with Gasteiger partial charge in [0.05, 0.1) is 11.2 Å². The molecule has 78 valence electrons. The minimum absolute atomic E-state index is 0.261. The van der Waals surface area contributed by atoms with Crippen LogP contribution in [0.25, 0.3) is 10.9 Å². The number of rotatable bonds is 1. The highest BCUT2D eigenvalue weighted by Gasteiger charge is 2.14. The van der Waals surface area contributed by atoms with Crippen LogP contribution in [0.2, 0.25) is 0 Å². The highest BCUT2D eigenvalue weighted by atomic mass is 14.7. The van der Waals surface area contributed by atoms with Crippen molar-refractivity contribution in [3.8, 4) is 0 Å². The van der Waals surface area contributed by atoms with Gasteiger partial charge in [-0.1, -0.05) is 20.8 Å². The lowest BCUT2D eigenvalue weighted by atomic mass is 9.89. The highest BCUT2D eigenvalue weighted by Crippen LogP contribution is 2.23. The Morgan fingerprint density at radius 3 is 2.60 bits per heavy atom. The maximum atomic E-state index is 4.45. The monoisotopic (exact) mass is 200 g/mol. The van der Waals surface area contributed by atoms with Crippen LogP contribution in [-0.4, -0.2) is 9.97 Å². The molecule has 0 unspecified atom stereocenters. The van der Waals surface area contributed by atoms with E-state index in [1.54, 1.807) is 0 Å². The Labute approximate surface area is 90.4 Å². The van der Waals surface area contributed by atoms with E-state index in [2.05, 4.69) is 36.8 Å². The zero-order chi connectivity index (χ0) is 10.9. The van der Waals surface area contributed by atoms with E-state index in [0.717, 1.165) is 17.6 Å². The maximum absolute atomic E-state index is 4.45. The molecule has 0 N–H and O–H groups in total. The largest absolute Gasteiger partial charge is 0.261 e. The van der Waals surface area contributed by atoms with Gasteiger partial charge in [0.25, 0.3) is 0 Å². The Morgan fingerprint density at radius 1 is 1.07 bits per heavy atom. The van der Waals surface area contributed by atoms with Crippen molar-refractivity contribution in [1.29, 1.82) is 0 Å². The van der Waals surface area contributed by atoms with Crippen molar-refractivity contribution in [1.82, 2.24) is 9.97 Å². The number of hydrogen-bond acceptors (Lipinski definition) is 2. The van der Waals surface area contributed by atoms with Gasteiger partial charge < -0.3 is 0 Å². The first-order valence-electron chi connectivity index (χ1n) is 5.25. The van der Waals surface area contributed by atoms with Gasteiger partial charge in [-0.15, -0.1) is 0 Å². The van der Waals surface area contributed by atoms with Gasteiger partial charge in [-0.25, -0.2) is 0 Å². The Balaban J connectivity index is 2.52. The standard InChI is InChI=1S/C13H16N2/c1-13(2,3)9-12-10-5-4-7-14-11(10)6-8-15-12/h4-8H,9H2,1-3H3. The van der Waals surface area contributed by atoms with E-state index in [1.165, 1.54) is 5.39 Å². The van der Waals surface area contributed by atoms with Gasteiger partial charge in [0, 0.05) is 17.8 Å². The molecule has 0 amide bonds. The Morgan fingerprint density at radius 2 is 1.87 bits per heavy atom. The van der Waals surface area contributed by atoms with E-state index < -0.39 is 0 Å². The van der Waals surface area contributed by atoms with Gasteiger partial charge in [0.15, 0.2) is 0 Å². The lowest BCUT2D eigenvalue weighted by Crippen LogP contribution is -2.10. The van der Waals surface area contributed by atoms with Gasteiger partial charge in [0.1, 0.15) is 0 Å². The molecule has 2 rings (SSSR count). The third-order valence-corrected chi connectivity index (χ3v) is 2.31. The number of fused-ring (bicyclic) bond motifs is 1. The van der Waals surface area contributed by atoms with Crippen LogP contribution in [0.1, 0.15) is 26.5 Å². The van der Waals surface area contributed by atoms with E-state index >= 15 is 0 Å². The predicted octanol–water partition coefficient (Wildman–Crippen LogP) is 3.22. The summed E-state index contributed by atoms with van der Waals surface area (Å²) in [4.78, 5) is 8.78. The fraction of sp³-hybridized carbons (Fsp3) is 0.385. The smallest absolute Gasteiger partial charge is 0.0735 e. The fourth-order valence-electron chi connectivity index (χ4n) is 1.70.